The number of thiophene rings is 1. The maximum atomic E-state index is 9.12. The molecule has 1 aromatic heterocycles. The minimum Gasteiger partial charge on any atom is -0.396 e. The van der Waals surface area contributed by atoms with Gasteiger partial charge in [-0.1, -0.05) is 25.4 Å². The Balaban J connectivity index is 2.84. The highest BCUT2D eigenvalue weighted by atomic mass is 35.5. The summed E-state index contributed by atoms with van der Waals surface area (Å²) < 4.78 is 0.735. The molecule has 0 saturated carbocycles. The lowest BCUT2D eigenvalue weighted by Gasteiger charge is -2.28. The van der Waals surface area contributed by atoms with Crippen LogP contribution in [0.25, 0.3) is 0 Å². The van der Waals surface area contributed by atoms with Crippen molar-refractivity contribution in [1.29, 1.82) is 0 Å². The van der Waals surface area contributed by atoms with E-state index >= 15 is 0 Å². The highest BCUT2D eigenvalue weighted by Crippen LogP contribution is 2.35. The number of hydrogen-bond donors (Lipinski definition) is 2. The minimum atomic E-state index is -0.297. The molecule has 74 valence electrons. The van der Waals surface area contributed by atoms with E-state index in [0.717, 1.165) is 9.21 Å². The molecule has 2 nitrogen and oxygen atoms in total. The van der Waals surface area contributed by atoms with Gasteiger partial charge in [0.1, 0.15) is 0 Å². The minimum absolute atomic E-state index is 0.0731. The highest BCUT2D eigenvalue weighted by Gasteiger charge is 2.27. The maximum Gasteiger partial charge on any atom is 0.0931 e. The molecule has 0 aliphatic rings. The van der Waals surface area contributed by atoms with Gasteiger partial charge in [-0.05, 0) is 12.1 Å². The van der Waals surface area contributed by atoms with E-state index in [2.05, 4.69) is 0 Å². The van der Waals surface area contributed by atoms with Crippen LogP contribution in [0.5, 0.6) is 0 Å². The molecule has 4 heteroatoms. The predicted molar refractivity (Wildman–Crippen MR) is 57.1 cm³/mol. The van der Waals surface area contributed by atoms with Gasteiger partial charge in [-0.3, -0.25) is 0 Å². The van der Waals surface area contributed by atoms with Gasteiger partial charge in [0, 0.05) is 16.3 Å². The van der Waals surface area contributed by atoms with E-state index in [0.29, 0.717) is 0 Å². The van der Waals surface area contributed by atoms with Crippen molar-refractivity contribution in [2.24, 2.45) is 11.1 Å². The highest BCUT2D eigenvalue weighted by molar-refractivity contribution is 7.16. The van der Waals surface area contributed by atoms with Crippen LogP contribution in [0.4, 0.5) is 0 Å². The summed E-state index contributed by atoms with van der Waals surface area (Å²) in [4.78, 5) is 1.02. The number of aliphatic hydroxyl groups excluding tert-OH is 1. The molecule has 0 aliphatic heterocycles. The van der Waals surface area contributed by atoms with Gasteiger partial charge in [0.15, 0.2) is 0 Å². The predicted octanol–water partition coefficient (Wildman–Crippen LogP) is 2.42. The van der Waals surface area contributed by atoms with Crippen LogP contribution >= 0.6 is 22.9 Å². The molecule has 0 amide bonds. The van der Waals surface area contributed by atoms with Crippen LogP contribution in [0.3, 0.4) is 0 Å². The average Bonchev–Trinajstić information content (AvgIpc) is 2.50. The van der Waals surface area contributed by atoms with Crippen molar-refractivity contribution < 1.29 is 5.11 Å². The summed E-state index contributed by atoms with van der Waals surface area (Å²) in [7, 11) is 0. The zero-order valence-electron chi connectivity index (χ0n) is 7.75. The number of halogens is 1. The summed E-state index contributed by atoms with van der Waals surface area (Å²) in [5.74, 6) is 0. The van der Waals surface area contributed by atoms with Gasteiger partial charge >= 0.3 is 0 Å². The monoisotopic (exact) mass is 219 g/mol. The van der Waals surface area contributed by atoms with Crippen LogP contribution in [-0.4, -0.2) is 11.7 Å². The summed E-state index contributed by atoms with van der Waals surface area (Å²) in [6.07, 6.45) is 0. The molecule has 0 aromatic carbocycles. The second kappa shape index (κ2) is 3.96. The first-order valence-electron chi connectivity index (χ1n) is 4.09. The molecule has 0 radical (unpaired) electrons. The molecular formula is C9H14ClNOS. The Kier molecular flexibility index (Phi) is 3.35. The van der Waals surface area contributed by atoms with Gasteiger partial charge in [-0.15, -0.1) is 11.3 Å². The molecule has 0 spiro atoms. The molecule has 0 bridgehead atoms. The first-order chi connectivity index (χ1) is 5.97. The summed E-state index contributed by atoms with van der Waals surface area (Å²) in [5, 5.41) is 9.12. The van der Waals surface area contributed by atoms with Gasteiger partial charge < -0.3 is 10.8 Å². The topological polar surface area (TPSA) is 46.2 Å². The van der Waals surface area contributed by atoms with Crippen molar-refractivity contribution in [2.75, 3.05) is 6.61 Å². The Morgan fingerprint density at radius 3 is 2.62 bits per heavy atom. The largest absolute Gasteiger partial charge is 0.396 e. The van der Waals surface area contributed by atoms with Gasteiger partial charge in [-0.2, -0.15) is 0 Å². The fourth-order valence-corrected chi connectivity index (χ4v) is 2.25. The Morgan fingerprint density at radius 2 is 2.23 bits per heavy atom. The van der Waals surface area contributed by atoms with E-state index < -0.39 is 0 Å². The van der Waals surface area contributed by atoms with E-state index in [9.17, 15) is 0 Å². The number of hydrogen-bond acceptors (Lipinski definition) is 3. The van der Waals surface area contributed by atoms with E-state index in [1.165, 1.54) is 11.3 Å². The van der Waals surface area contributed by atoms with E-state index in [-0.39, 0.29) is 18.1 Å². The van der Waals surface area contributed by atoms with Gasteiger partial charge in [0.05, 0.1) is 10.9 Å². The zero-order valence-corrected chi connectivity index (χ0v) is 9.32. The van der Waals surface area contributed by atoms with Crippen molar-refractivity contribution >= 4 is 22.9 Å². The van der Waals surface area contributed by atoms with E-state index in [1.807, 2.05) is 26.0 Å². The molecule has 1 heterocycles. The van der Waals surface area contributed by atoms with Crippen molar-refractivity contribution in [3.63, 3.8) is 0 Å². The van der Waals surface area contributed by atoms with E-state index in [1.54, 1.807) is 0 Å². The van der Waals surface area contributed by atoms with Crippen LogP contribution in [0, 0.1) is 5.41 Å². The molecule has 0 unspecified atom stereocenters. The lowest BCUT2D eigenvalue weighted by atomic mass is 9.85. The van der Waals surface area contributed by atoms with Crippen LogP contribution in [0.2, 0.25) is 4.34 Å². The average molecular weight is 220 g/mol. The summed E-state index contributed by atoms with van der Waals surface area (Å²) in [5.41, 5.74) is 5.69. The number of aliphatic hydroxyl groups is 1. The first-order valence-corrected chi connectivity index (χ1v) is 5.28. The van der Waals surface area contributed by atoms with E-state index in [4.69, 9.17) is 22.4 Å². The molecule has 1 aromatic rings. The fourth-order valence-electron chi connectivity index (χ4n) is 0.979. The third-order valence-corrected chi connectivity index (χ3v) is 3.46. The summed E-state index contributed by atoms with van der Waals surface area (Å²) in [6.45, 7) is 3.94. The van der Waals surface area contributed by atoms with Crippen LogP contribution in [0.15, 0.2) is 12.1 Å². The van der Waals surface area contributed by atoms with Crippen LogP contribution in [0.1, 0.15) is 24.8 Å². The van der Waals surface area contributed by atoms with Crippen molar-refractivity contribution in [3.05, 3.63) is 21.3 Å². The Hall–Kier alpha value is -0.0900. The standard InChI is InChI=1S/C9H14ClNOS/c1-9(2,5-12)8(11)6-3-4-7(10)13-6/h3-4,8,12H,5,11H2,1-2H3/t8-/m1/s1. The molecule has 3 N–H and O–H groups in total. The lowest BCUT2D eigenvalue weighted by molar-refractivity contribution is 0.133. The molecule has 0 aliphatic carbocycles. The molecule has 13 heavy (non-hydrogen) atoms. The van der Waals surface area contributed by atoms with Gasteiger partial charge in [0.25, 0.3) is 0 Å². The molecule has 1 atom stereocenters. The first kappa shape index (κ1) is 11.0. The van der Waals surface area contributed by atoms with Crippen molar-refractivity contribution in [1.82, 2.24) is 0 Å². The third kappa shape index (κ3) is 2.44. The Labute approximate surface area is 87.3 Å². The normalized spacial score (nSPS) is 14.5. The molecular weight excluding hydrogens is 206 g/mol. The second-order valence-corrected chi connectivity index (χ2v) is 5.51. The maximum absolute atomic E-state index is 9.12. The van der Waals surface area contributed by atoms with Gasteiger partial charge in [0.2, 0.25) is 0 Å². The van der Waals surface area contributed by atoms with Crippen molar-refractivity contribution in [3.8, 4) is 0 Å². The lowest BCUT2D eigenvalue weighted by Crippen LogP contribution is -2.31. The number of nitrogens with two attached hydrogens (primary N) is 1. The van der Waals surface area contributed by atoms with Crippen molar-refractivity contribution in [2.45, 2.75) is 19.9 Å². The zero-order chi connectivity index (χ0) is 10.1. The number of rotatable bonds is 3. The summed E-state index contributed by atoms with van der Waals surface area (Å²) in [6, 6.07) is 3.58. The molecule has 0 saturated heterocycles. The van der Waals surface area contributed by atoms with Gasteiger partial charge in [-0.25, -0.2) is 0 Å². The fraction of sp³-hybridized carbons (Fsp3) is 0.556. The Morgan fingerprint density at radius 1 is 1.62 bits per heavy atom. The van der Waals surface area contributed by atoms with Crippen LogP contribution in [-0.2, 0) is 0 Å². The summed E-state index contributed by atoms with van der Waals surface area (Å²) >= 11 is 7.27. The quantitative estimate of drug-likeness (QED) is 0.820. The molecule has 0 fully saturated rings. The molecule has 1 rings (SSSR count). The second-order valence-electron chi connectivity index (χ2n) is 3.77. The van der Waals surface area contributed by atoms with Crippen LogP contribution < -0.4 is 5.73 Å². The smallest absolute Gasteiger partial charge is 0.0931 e. The SMILES string of the molecule is CC(C)(CO)[C@H](N)c1ccc(Cl)s1. The third-order valence-electron chi connectivity index (χ3n) is 2.15. The Bertz CT molecular complexity index is 285.